The van der Waals surface area contributed by atoms with Crippen LogP contribution in [-0.4, -0.2) is 29.9 Å². The fraction of sp³-hybridized carbons (Fsp3) is 0.389. The molecular formula is C18H21N3O3S. The van der Waals surface area contributed by atoms with Crippen molar-refractivity contribution in [1.29, 1.82) is 0 Å². The fourth-order valence-corrected chi connectivity index (χ4v) is 3.39. The number of likely N-dealkylation sites (N-methyl/N-ethyl adjacent to an activating group) is 1. The van der Waals surface area contributed by atoms with Gasteiger partial charge in [-0.1, -0.05) is 13.3 Å². The summed E-state index contributed by atoms with van der Waals surface area (Å²) in [5.74, 6) is 0.592. The van der Waals surface area contributed by atoms with E-state index in [1.165, 1.54) is 11.3 Å². The Morgan fingerprint density at radius 3 is 3.00 bits per heavy atom. The van der Waals surface area contributed by atoms with Gasteiger partial charge in [-0.15, -0.1) is 11.3 Å². The Labute approximate surface area is 150 Å². The lowest BCUT2D eigenvalue weighted by Gasteiger charge is -2.30. The van der Waals surface area contributed by atoms with E-state index < -0.39 is 6.10 Å². The molecule has 1 N–H and O–H groups in total. The highest BCUT2D eigenvalue weighted by atomic mass is 32.1. The van der Waals surface area contributed by atoms with Gasteiger partial charge in [-0.3, -0.25) is 9.59 Å². The highest BCUT2D eigenvalue weighted by Crippen LogP contribution is 2.37. The molecule has 6 nitrogen and oxygen atoms in total. The van der Waals surface area contributed by atoms with Crippen LogP contribution in [0.25, 0.3) is 11.3 Å². The van der Waals surface area contributed by atoms with Gasteiger partial charge in [0.1, 0.15) is 5.75 Å². The lowest BCUT2D eigenvalue weighted by Crippen LogP contribution is -2.41. The molecule has 132 valence electrons. The average Bonchev–Trinajstić information content (AvgIpc) is 3.06. The van der Waals surface area contributed by atoms with Crippen LogP contribution in [0.15, 0.2) is 23.6 Å². The summed E-state index contributed by atoms with van der Waals surface area (Å²) in [5.41, 5.74) is 2.36. The van der Waals surface area contributed by atoms with Gasteiger partial charge in [-0.25, -0.2) is 4.98 Å². The van der Waals surface area contributed by atoms with E-state index in [1.54, 1.807) is 18.9 Å². The highest BCUT2D eigenvalue weighted by molar-refractivity contribution is 7.14. The third-order valence-corrected chi connectivity index (χ3v) is 4.86. The normalized spacial score (nSPS) is 16.4. The van der Waals surface area contributed by atoms with Crippen LogP contribution in [0.2, 0.25) is 0 Å². The third-order valence-electron chi connectivity index (χ3n) is 4.11. The molecule has 1 aliphatic rings. The summed E-state index contributed by atoms with van der Waals surface area (Å²) < 4.78 is 5.63. The molecule has 3 rings (SSSR count). The summed E-state index contributed by atoms with van der Waals surface area (Å²) in [6, 6.07) is 5.65. The number of unbranched alkanes of at least 4 members (excludes halogenated alkanes) is 1. The van der Waals surface area contributed by atoms with Crippen LogP contribution in [0.5, 0.6) is 5.75 Å². The minimum absolute atomic E-state index is 0.0130. The van der Waals surface area contributed by atoms with E-state index in [2.05, 4.69) is 17.2 Å². The number of amides is 2. The van der Waals surface area contributed by atoms with Crippen LogP contribution < -0.4 is 15.0 Å². The lowest BCUT2D eigenvalue weighted by atomic mass is 10.1. The molecule has 0 aliphatic carbocycles. The predicted molar refractivity (Wildman–Crippen MR) is 99.2 cm³/mol. The summed E-state index contributed by atoms with van der Waals surface area (Å²) >= 11 is 1.39. The summed E-state index contributed by atoms with van der Waals surface area (Å²) in [4.78, 5) is 30.0. The summed E-state index contributed by atoms with van der Waals surface area (Å²) in [5, 5.41) is 5.31. The van der Waals surface area contributed by atoms with Crippen molar-refractivity contribution >= 4 is 34.0 Å². The number of nitrogens with zero attached hydrogens (tertiary/aromatic N) is 2. The van der Waals surface area contributed by atoms with Gasteiger partial charge in [0.2, 0.25) is 5.91 Å². The lowest BCUT2D eigenvalue weighted by molar-refractivity contribution is -0.125. The zero-order valence-electron chi connectivity index (χ0n) is 14.5. The summed E-state index contributed by atoms with van der Waals surface area (Å²) in [7, 11) is 1.74. The van der Waals surface area contributed by atoms with Gasteiger partial charge in [0.05, 0.1) is 11.4 Å². The van der Waals surface area contributed by atoms with Crippen molar-refractivity contribution in [2.45, 2.75) is 39.2 Å². The number of benzene rings is 1. The number of hydrogen-bond donors (Lipinski definition) is 1. The Balaban J connectivity index is 1.80. The number of ether oxygens (including phenoxy) is 1. The number of nitrogens with one attached hydrogen (secondary N) is 1. The Kier molecular flexibility index (Phi) is 5.03. The molecule has 1 aromatic heterocycles. The highest BCUT2D eigenvalue weighted by Gasteiger charge is 2.29. The van der Waals surface area contributed by atoms with Crippen molar-refractivity contribution < 1.29 is 14.3 Å². The second-order valence-electron chi connectivity index (χ2n) is 6.03. The van der Waals surface area contributed by atoms with Crippen LogP contribution in [0, 0.1) is 0 Å². The zero-order chi connectivity index (χ0) is 18.0. The number of rotatable bonds is 5. The quantitative estimate of drug-likeness (QED) is 0.884. The van der Waals surface area contributed by atoms with E-state index >= 15 is 0 Å². The molecule has 0 spiro atoms. The van der Waals surface area contributed by atoms with E-state index in [4.69, 9.17) is 4.74 Å². The average molecular weight is 359 g/mol. The van der Waals surface area contributed by atoms with E-state index in [-0.39, 0.29) is 11.8 Å². The third kappa shape index (κ3) is 3.66. The molecule has 0 fully saturated rings. The van der Waals surface area contributed by atoms with Crippen molar-refractivity contribution in [2.24, 2.45) is 0 Å². The maximum Gasteiger partial charge on any atom is 0.267 e. The molecular weight excluding hydrogens is 338 g/mol. The van der Waals surface area contributed by atoms with E-state index in [9.17, 15) is 9.59 Å². The smallest absolute Gasteiger partial charge is 0.267 e. The molecule has 1 aromatic carbocycles. The maximum atomic E-state index is 12.1. The van der Waals surface area contributed by atoms with Gasteiger partial charge >= 0.3 is 0 Å². The first-order chi connectivity index (χ1) is 12.0. The second kappa shape index (κ2) is 7.23. The Hall–Kier alpha value is -2.41. The van der Waals surface area contributed by atoms with Crippen molar-refractivity contribution in [3.05, 3.63) is 23.6 Å². The number of aromatic nitrogens is 1. The molecule has 0 saturated heterocycles. The predicted octanol–water partition coefficient (Wildman–Crippen LogP) is 3.68. The van der Waals surface area contributed by atoms with Gasteiger partial charge in [-0.2, -0.15) is 0 Å². The zero-order valence-corrected chi connectivity index (χ0v) is 15.4. The molecule has 0 bridgehead atoms. The van der Waals surface area contributed by atoms with Crippen molar-refractivity contribution in [3.8, 4) is 17.0 Å². The van der Waals surface area contributed by atoms with Crippen LogP contribution in [0.4, 0.5) is 10.8 Å². The van der Waals surface area contributed by atoms with E-state index in [1.807, 2.05) is 23.6 Å². The molecule has 2 amide bonds. The van der Waals surface area contributed by atoms with Crippen LogP contribution in [0.3, 0.4) is 0 Å². The number of anilines is 2. The first-order valence-electron chi connectivity index (χ1n) is 8.33. The largest absolute Gasteiger partial charge is 0.479 e. The van der Waals surface area contributed by atoms with Gasteiger partial charge in [0.25, 0.3) is 5.91 Å². The fourth-order valence-electron chi connectivity index (χ4n) is 2.65. The van der Waals surface area contributed by atoms with Crippen molar-refractivity contribution in [2.75, 3.05) is 17.3 Å². The molecule has 1 unspecified atom stereocenters. The first-order valence-corrected chi connectivity index (χ1v) is 9.21. The maximum absolute atomic E-state index is 12.1. The van der Waals surface area contributed by atoms with Crippen LogP contribution in [-0.2, 0) is 9.59 Å². The van der Waals surface area contributed by atoms with Crippen molar-refractivity contribution in [1.82, 2.24) is 4.98 Å². The molecule has 1 atom stereocenters. The summed E-state index contributed by atoms with van der Waals surface area (Å²) in [6.45, 7) is 3.79. The number of carbonyl (C=O) groups is 2. The molecule has 2 aromatic rings. The number of fused-ring (bicyclic) bond motifs is 1. The molecule has 1 aliphatic heterocycles. The SMILES string of the molecule is CCCCC(=O)Nc1nc(-c2ccc3c(c2)N(C)C(=O)C(C)O3)cs1. The van der Waals surface area contributed by atoms with Crippen LogP contribution >= 0.6 is 11.3 Å². The first kappa shape index (κ1) is 17.4. The number of carbonyl (C=O) groups excluding carboxylic acids is 2. The van der Waals surface area contributed by atoms with Crippen LogP contribution in [0.1, 0.15) is 33.1 Å². The van der Waals surface area contributed by atoms with Gasteiger partial charge in [0.15, 0.2) is 11.2 Å². The monoisotopic (exact) mass is 359 g/mol. The minimum Gasteiger partial charge on any atom is -0.479 e. The minimum atomic E-state index is -0.479. The topological polar surface area (TPSA) is 71.5 Å². The second-order valence-corrected chi connectivity index (χ2v) is 6.89. The number of thiazole rings is 1. The van der Waals surface area contributed by atoms with E-state index in [0.717, 1.165) is 29.8 Å². The molecule has 0 radical (unpaired) electrons. The van der Waals surface area contributed by atoms with Crippen molar-refractivity contribution in [3.63, 3.8) is 0 Å². The Morgan fingerprint density at radius 1 is 1.44 bits per heavy atom. The van der Waals surface area contributed by atoms with Gasteiger partial charge in [-0.05, 0) is 31.5 Å². The molecule has 0 saturated carbocycles. The van der Waals surface area contributed by atoms with Gasteiger partial charge in [0, 0.05) is 24.4 Å². The summed E-state index contributed by atoms with van der Waals surface area (Å²) in [6.07, 6.45) is 1.88. The van der Waals surface area contributed by atoms with Gasteiger partial charge < -0.3 is 15.0 Å². The molecule has 2 heterocycles. The molecule has 7 heteroatoms. The Bertz CT molecular complexity index is 803. The Morgan fingerprint density at radius 2 is 2.24 bits per heavy atom. The standard InChI is InChI=1S/C18H21N3O3S/c1-4-5-6-16(22)20-18-19-13(10-25-18)12-7-8-15-14(9-12)21(3)17(23)11(2)24-15/h7-11H,4-6H2,1-3H3,(H,19,20,22). The van der Waals surface area contributed by atoms with E-state index in [0.29, 0.717) is 17.3 Å². The molecule has 25 heavy (non-hydrogen) atoms. The number of hydrogen-bond acceptors (Lipinski definition) is 5.